The Bertz CT molecular complexity index is 822. The zero-order valence-electron chi connectivity index (χ0n) is 14.3. The highest BCUT2D eigenvalue weighted by atomic mass is 32.2. The van der Waals surface area contributed by atoms with Crippen molar-refractivity contribution in [3.63, 3.8) is 0 Å². The van der Waals surface area contributed by atoms with Gasteiger partial charge in [-0.1, -0.05) is 18.7 Å². The molecule has 0 aromatic heterocycles. The molecule has 2 fully saturated rings. The van der Waals surface area contributed by atoms with Crippen LogP contribution in [-0.2, 0) is 14.6 Å². The SMILES string of the molecule is CCC(=O)N=C1S[C@@H]2CS(=O)(=O)C[C@H]2N1c1ccc(OC)cc1OC. The molecule has 1 amide bonds. The van der Waals surface area contributed by atoms with Crippen LogP contribution in [0.3, 0.4) is 0 Å². The first-order valence-corrected chi connectivity index (χ1v) is 10.6. The Morgan fingerprint density at radius 1 is 1.32 bits per heavy atom. The molecule has 25 heavy (non-hydrogen) atoms. The van der Waals surface area contributed by atoms with Gasteiger partial charge in [0.2, 0.25) is 5.91 Å². The number of thioether (sulfide) groups is 1. The minimum absolute atomic E-state index is 0.0409. The zero-order chi connectivity index (χ0) is 18.2. The summed E-state index contributed by atoms with van der Waals surface area (Å²) in [6, 6.07) is 5.05. The van der Waals surface area contributed by atoms with Crippen LogP contribution in [0.1, 0.15) is 13.3 Å². The smallest absolute Gasteiger partial charge is 0.247 e. The number of fused-ring (bicyclic) bond motifs is 1. The van der Waals surface area contributed by atoms with Crippen LogP contribution in [0.4, 0.5) is 5.69 Å². The summed E-state index contributed by atoms with van der Waals surface area (Å²) in [6.45, 7) is 1.75. The standard InChI is InChI=1S/C16H20N2O5S2/c1-4-15(19)17-16-18(12-8-25(20,21)9-14(12)24-16)11-6-5-10(22-2)7-13(11)23-3/h5-7,12,14H,4,8-9H2,1-3H3/t12-,14-/m1/s1. The van der Waals surface area contributed by atoms with Crippen molar-refractivity contribution in [2.45, 2.75) is 24.6 Å². The summed E-state index contributed by atoms with van der Waals surface area (Å²) in [5.74, 6) is 1.08. The Kier molecular flexibility index (Phi) is 4.97. The Balaban J connectivity index is 2.08. The number of sulfone groups is 1. The molecule has 0 bridgehead atoms. The second-order valence-corrected chi connectivity index (χ2v) is 9.21. The van der Waals surface area contributed by atoms with E-state index < -0.39 is 9.84 Å². The minimum atomic E-state index is -3.10. The molecule has 136 valence electrons. The lowest BCUT2D eigenvalue weighted by Crippen LogP contribution is -2.38. The summed E-state index contributed by atoms with van der Waals surface area (Å²) >= 11 is 1.35. The topological polar surface area (TPSA) is 85.3 Å². The number of hydrogen-bond donors (Lipinski definition) is 0. The Hall–Kier alpha value is -1.74. The van der Waals surface area contributed by atoms with Crippen LogP contribution in [0.25, 0.3) is 0 Å². The van der Waals surface area contributed by atoms with Crippen molar-refractivity contribution in [2.24, 2.45) is 4.99 Å². The largest absolute Gasteiger partial charge is 0.497 e. The molecule has 0 spiro atoms. The van der Waals surface area contributed by atoms with E-state index in [1.807, 2.05) is 4.90 Å². The van der Waals surface area contributed by atoms with Crippen LogP contribution < -0.4 is 14.4 Å². The molecule has 0 N–H and O–H groups in total. The third kappa shape index (κ3) is 3.48. The van der Waals surface area contributed by atoms with Gasteiger partial charge in [-0.15, -0.1) is 0 Å². The van der Waals surface area contributed by atoms with Crippen molar-refractivity contribution in [3.8, 4) is 11.5 Å². The van der Waals surface area contributed by atoms with E-state index in [0.29, 0.717) is 28.8 Å². The summed E-state index contributed by atoms with van der Waals surface area (Å²) in [6.07, 6.45) is 0.297. The van der Waals surface area contributed by atoms with Gasteiger partial charge in [0.25, 0.3) is 0 Å². The average Bonchev–Trinajstić information content (AvgIpc) is 3.04. The molecule has 7 nitrogen and oxygen atoms in total. The molecular formula is C16H20N2O5S2. The fourth-order valence-electron chi connectivity index (χ4n) is 3.02. The second-order valence-electron chi connectivity index (χ2n) is 5.85. The van der Waals surface area contributed by atoms with Crippen LogP contribution in [-0.4, -0.2) is 56.5 Å². The molecule has 3 rings (SSSR count). The van der Waals surface area contributed by atoms with Crippen LogP contribution >= 0.6 is 11.8 Å². The molecule has 2 atom stereocenters. The maximum Gasteiger partial charge on any atom is 0.247 e. The third-order valence-electron chi connectivity index (χ3n) is 4.24. The highest BCUT2D eigenvalue weighted by Gasteiger charge is 2.50. The number of benzene rings is 1. The molecule has 9 heteroatoms. The first kappa shape index (κ1) is 18.1. The maximum absolute atomic E-state index is 12.1. The van der Waals surface area contributed by atoms with Crippen molar-refractivity contribution < 1.29 is 22.7 Å². The molecule has 2 aliphatic rings. The van der Waals surface area contributed by atoms with Crippen molar-refractivity contribution >= 4 is 38.4 Å². The third-order valence-corrected chi connectivity index (χ3v) is 7.45. The lowest BCUT2D eigenvalue weighted by Gasteiger charge is -2.26. The van der Waals surface area contributed by atoms with Gasteiger partial charge in [0, 0.05) is 17.7 Å². The number of carbonyl (C=O) groups is 1. The monoisotopic (exact) mass is 384 g/mol. The number of hydrogen-bond acceptors (Lipinski definition) is 6. The predicted molar refractivity (Wildman–Crippen MR) is 98.6 cm³/mol. The average molecular weight is 384 g/mol. The van der Waals surface area contributed by atoms with Gasteiger partial charge in [0.15, 0.2) is 15.0 Å². The van der Waals surface area contributed by atoms with Crippen molar-refractivity contribution in [2.75, 3.05) is 30.6 Å². The maximum atomic E-state index is 12.1. The van der Waals surface area contributed by atoms with E-state index in [4.69, 9.17) is 9.47 Å². The van der Waals surface area contributed by atoms with E-state index in [1.165, 1.54) is 11.8 Å². The lowest BCUT2D eigenvalue weighted by molar-refractivity contribution is -0.117. The van der Waals surface area contributed by atoms with Crippen LogP contribution in [0.5, 0.6) is 11.5 Å². The Morgan fingerprint density at radius 3 is 2.72 bits per heavy atom. The minimum Gasteiger partial charge on any atom is -0.497 e. The molecule has 2 heterocycles. The van der Waals surface area contributed by atoms with Gasteiger partial charge in [0.1, 0.15) is 11.5 Å². The number of anilines is 1. The first-order valence-electron chi connectivity index (χ1n) is 7.88. The van der Waals surface area contributed by atoms with Gasteiger partial charge in [-0.2, -0.15) is 4.99 Å². The van der Waals surface area contributed by atoms with Crippen LogP contribution in [0.2, 0.25) is 0 Å². The highest BCUT2D eigenvalue weighted by molar-refractivity contribution is 8.16. The summed E-state index contributed by atoms with van der Waals surface area (Å²) in [5, 5.41) is 0.389. The quantitative estimate of drug-likeness (QED) is 0.781. The Morgan fingerprint density at radius 2 is 2.08 bits per heavy atom. The van der Waals surface area contributed by atoms with E-state index in [1.54, 1.807) is 39.3 Å². The summed E-state index contributed by atoms with van der Waals surface area (Å²) < 4.78 is 34.8. The number of ether oxygens (including phenoxy) is 2. The van der Waals surface area contributed by atoms with Gasteiger partial charge >= 0.3 is 0 Å². The van der Waals surface area contributed by atoms with Gasteiger partial charge in [-0.25, -0.2) is 8.42 Å². The van der Waals surface area contributed by atoms with E-state index in [9.17, 15) is 13.2 Å². The predicted octanol–water partition coefficient (Wildman–Crippen LogP) is 1.72. The number of amides is 1. The normalized spacial score (nSPS) is 25.9. The van der Waals surface area contributed by atoms with E-state index >= 15 is 0 Å². The molecule has 2 saturated heterocycles. The number of methoxy groups -OCH3 is 2. The Labute approximate surface area is 151 Å². The van der Waals surface area contributed by atoms with Crippen molar-refractivity contribution in [1.29, 1.82) is 0 Å². The molecule has 0 unspecified atom stereocenters. The van der Waals surface area contributed by atoms with Gasteiger partial charge < -0.3 is 14.4 Å². The summed E-state index contributed by atoms with van der Waals surface area (Å²) in [5.41, 5.74) is 0.683. The van der Waals surface area contributed by atoms with E-state index in [2.05, 4.69) is 4.99 Å². The summed E-state index contributed by atoms with van der Waals surface area (Å²) in [7, 11) is -0.00213. The lowest BCUT2D eigenvalue weighted by atomic mass is 10.2. The number of rotatable bonds is 4. The summed E-state index contributed by atoms with van der Waals surface area (Å²) in [4.78, 5) is 17.9. The fourth-order valence-corrected chi connectivity index (χ4v) is 6.94. The van der Waals surface area contributed by atoms with Crippen molar-refractivity contribution in [1.82, 2.24) is 0 Å². The fraction of sp³-hybridized carbons (Fsp3) is 0.500. The van der Waals surface area contributed by atoms with Gasteiger partial charge in [0.05, 0.1) is 37.5 Å². The highest BCUT2D eigenvalue weighted by Crippen LogP contribution is 2.44. The van der Waals surface area contributed by atoms with Crippen LogP contribution in [0, 0.1) is 0 Å². The molecule has 1 aromatic carbocycles. The van der Waals surface area contributed by atoms with E-state index in [-0.39, 0.29) is 28.7 Å². The molecule has 0 aliphatic carbocycles. The molecule has 1 aromatic rings. The molecule has 2 aliphatic heterocycles. The second kappa shape index (κ2) is 6.87. The number of nitrogens with zero attached hydrogens (tertiary/aromatic N) is 2. The van der Waals surface area contributed by atoms with Gasteiger partial charge in [-0.3, -0.25) is 4.79 Å². The number of carbonyl (C=O) groups excluding carboxylic acids is 1. The zero-order valence-corrected chi connectivity index (χ0v) is 15.9. The number of aliphatic imine (C=N–C) groups is 1. The number of amidine groups is 1. The van der Waals surface area contributed by atoms with Crippen LogP contribution in [0.15, 0.2) is 23.2 Å². The van der Waals surface area contributed by atoms with Crippen molar-refractivity contribution in [3.05, 3.63) is 18.2 Å². The van der Waals surface area contributed by atoms with Gasteiger partial charge in [-0.05, 0) is 12.1 Å². The molecule has 0 radical (unpaired) electrons. The molecular weight excluding hydrogens is 364 g/mol. The molecule has 0 saturated carbocycles. The first-order chi connectivity index (χ1) is 11.9. The van der Waals surface area contributed by atoms with E-state index in [0.717, 1.165) is 0 Å².